The lowest BCUT2D eigenvalue weighted by atomic mass is 10.0. The number of carbonyl (C=O) groups is 2. The third-order valence-electron chi connectivity index (χ3n) is 5.00. The molecule has 11 heteroatoms. The van der Waals surface area contributed by atoms with E-state index in [-0.39, 0.29) is 30.6 Å². The molecule has 2 heterocycles. The average Bonchev–Trinajstić information content (AvgIpc) is 3.30. The van der Waals surface area contributed by atoms with Crippen molar-refractivity contribution in [3.8, 4) is 0 Å². The van der Waals surface area contributed by atoms with Crippen LogP contribution in [0.2, 0.25) is 0 Å². The van der Waals surface area contributed by atoms with Crippen molar-refractivity contribution in [1.29, 1.82) is 0 Å². The van der Waals surface area contributed by atoms with Gasteiger partial charge < -0.3 is 40.0 Å². The van der Waals surface area contributed by atoms with E-state index in [1.807, 2.05) is 11.8 Å². The Balaban J connectivity index is 1.30. The summed E-state index contributed by atoms with van der Waals surface area (Å²) in [4.78, 5) is 23.3. The van der Waals surface area contributed by atoms with Gasteiger partial charge in [0.05, 0.1) is 71.5 Å². The molecule has 4 N–H and O–H groups in total. The van der Waals surface area contributed by atoms with Crippen molar-refractivity contribution in [3.63, 3.8) is 0 Å². The van der Waals surface area contributed by atoms with Crippen LogP contribution >= 0.6 is 11.8 Å². The second-order valence-electron chi connectivity index (χ2n) is 7.39. The first-order valence-corrected chi connectivity index (χ1v) is 12.1. The largest absolute Gasteiger partial charge is 0.394 e. The van der Waals surface area contributed by atoms with Crippen LogP contribution in [0.3, 0.4) is 0 Å². The molecule has 2 saturated heterocycles. The molecule has 10 nitrogen and oxygen atoms in total. The molecule has 0 aromatic carbocycles. The lowest BCUT2D eigenvalue weighted by molar-refractivity contribution is -0.121. The van der Waals surface area contributed by atoms with Crippen LogP contribution < -0.4 is 16.0 Å². The van der Waals surface area contributed by atoms with Gasteiger partial charge in [-0.3, -0.25) is 4.79 Å². The van der Waals surface area contributed by atoms with Gasteiger partial charge in [0.2, 0.25) is 5.91 Å². The molecule has 0 radical (unpaired) electrons. The number of hydrogen-bond acceptors (Lipinski definition) is 8. The number of fused-ring (bicyclic) bond motifs is 1. The zero-order valence-electron chi connectivity index (χ0n) is 18.1. The molecule has 0 bridgehead atoms. The zero-order chi connectivity index (χ0) is 22.2. The summed E-state index contributed by atoms with van der Waals surface area (Å²) in [5.41, 5.74) is 0. The summed E-state index contributed by atoms with van der Waals surface area (Å²) in [5, 5.41) is 17.8. The average molecular weight is 464 g/mol. The first-order chi connectivity index (χ1) is 15.2. The van der Waals surface area contributed by atoms with E-state index in [1.165, 1.54) is 0 Å². The number of urea groups is 1. The van der Waals surface area contributed by atoms with E-state index in [0.717, 1.165) is 25.0 Å². The van der Waals surface area contributed by atoms with Crippen molar-refractivity contribution in [2.24, 2.45) is 0 Å². The fourth-order valence-corrected chi connectivity index (χ4v) is 5.00. The Bertz CT molecular complexity index is 515. The Kier molecular flexibility index (Phi) is 13.9. The van der Waals surface area contributed by atoms with Gasteiger partial charge in [-0.1, -0.05) is 6.42 Å². The Morgan fingerprint density at radius 2 is 1.61 bits per heavy atom. The number of rotatable bonds is 19. The molecular formula is C20H37N3O7S. The fourth-order valence-electron chi connectivity index (χ4n) is 3.45. The number of hydrogen-bond donors (Lipinski definition) is 4. The van der Waals surface area contributed by atoms with Crippen molar-refractivity contribution >= 4 is 23.7 Å². The van der Waals surface area contributed by atoms with Gasteiger partial charge in [-0.2, -0.15) is 11.8 Å². The number of nitrogens with one attached hydrogen (secondary N) is 3. The van der Waals surface area contributed by atoms with Gasteiger partial charge in [-0.15, -0.1) is 0 Å². The lowest BCUT2D eigenvalue weighted by Gasteiger charge is -2.16. The van der Waals surface area contributed by atoms with Gasteiger partial charge in [0, 0.05) is 24.0 Å². The van der Waals surface area contributed by atoms with Crippen LogP contribution in [0.5, 0.6) is 0 Å². The molecule has 3 atom stereocenters. The van der Waals surface area contributed by atoms with Crippen molar-refractivity contribution < 1.29 is 33.6 Å². The molecule has 2 rings (SSSR count). The number of ether oxygens (including phenoxy) is 4. The van der Waals surface area contributed by atoms with E-state index in [4.69, 9.17) is 24.1 Å². The summed E-state index contributed by atoms with van der Waals surface area (Å²) >= 11 is 1.90. The van der Waals surface area contributed by atoms with Crippen LogP contribution in [0.4, 0.5) is 4.79 Å². The predicted octanol–water partition coefficient (Wildman–Crippen LogP) is -0.113. The SMILES string of the molecule is O=C(CCCCC1SCC2NC(=O)NC21)NCCOCCOCCOCCOCCO. The Hall–Kier alpha value is -1.11. The second-order valence-corrected chi connectivity index (χ2v) is 8.66. The summed E-state index contributed by atoms with van der Waals surface area (Å²) in [6.45, 7) is 4.19. The normalized spacial score (nSPS) is 22.2. The number of unbranched alkanes of at least 4 members (excludes halogenated alkanes) is 1. The minimum atomic E-state index is -0.0562. The third-order valence-corrected chi connectivity index (χ3v) is 6.51. The molecule has 0 aliphatic carbocycles. The highest BCUT2D eigenvalue weighted by atomic mass is 32.2. The van der Waals surface area contributed by atoms with Gasteiger partial charge in [-0.05, 0) is 12.8 Å². The molecule has 2 fully saturated rings. The summed E-state index contributed by atoms with van der Waals surface area (Å²) in [6, 6.07) is 0.434. The van der Waals surface area contributed by atoms with Gasteiger partial charge in [0.15, 0.2) is 0 Å². The molecule has 2 aliphatic heterocycles. The van der Waals surface area contributed by atoms with Crippen molar-refractivity contribution in [2.75, 3.05) is 71.8 Å². The van der Waals surface area contributed by atoms with Gasteiger partial charge in [0.1, 0.15) is 0 Å². The minimum absolute atomic E-state index is 0.0221. The Morgan fingerprint density at radius 1 is 0.968 bits per heavy atom. The summed E-state index contributed by atoms with van der Waals surface area (Å²) in [7, 11) is 0. The monoisotopic (exact) mass is 463 g/mol. The van der Waals surface area contributed by atoms with Gasteiger partial charge >= 0.3 is 6.03 Å². The van der Waals surface area contributed by atoms with E-state index in [1.54, 1.807) is 0 Å². The first kappa shape index (κ1) is 26.1. The lowest BCUT2D eigenvalue weighted by Crippen LogP contribution is -2.36. The molecule has 0 spiro atoms. The van der Waals surface area contributed by atoms with E-state index in [0.29, 0.717) is 71.1 Å². The maximum absolute atomic E-state index is 11.9. The molecule has 0 aromatic heterocycles. The highest BCUT2D eigenvalue weighted by Crippen LogP contribution is 2.33. The van der Waals surface area contributed by atoms with Gasteiger partial charge in [0.25, 0.3) is 0 Å². The molecule has 180 valence electrons. The van der Waals surface area contributed by atoms with Crippen LogP contribution in [0.15, 0.2) is 0 Å². The van der Waals surface area contributed by atoms with E-state index < -0.39 is 0 Å². The number of aliphatic hydroxyl groups is 1. The van der Waals surface area contributed by atoms with Crippen LogP contribution in [0, 0.1) is 0 Å². The van der Waals surface area contributed by atoms with E-state index in [2.05, 4.69) is 16.0 Å². The summed E-state index contributed by atoms with van der Waals surface area (Å²) in [6.07, 6.45) is 3.38. The molecule has 3 unspecified atom stereocenters. The molecule has 2 aliphatic rings. The van der Waals surface area contributed by atoms with Crippen LogP contribution in [-0.4, -0.2) is 106 Å². The number of thioether (sulfide) groups is 1. The molecule has 0 saturated carbocycles. The van der Waals surface area contributed by atoms with Crippen molar-refractivity contribution in [1.82, 2.24) is 16.0 Å². The van der Waals surface area contributed by atoms with Crippen LogP contribution in [-0.2, 0) is 23.7 Å². The maximum Gasteiger partial charge on any atom is 0.315 e. The standard InChI is InChI=1S/C20H37N3O7S/c24-6-8-28-10-12-30-14-13-29-11-9-27-7-5-21-18(25)4-2-1-3-17-19-16(15-31-17)22-20(26)23-19/h16-17,19,24H,1-15H2,(H,21,25)(H2,22,23,26). The van der Waals surface area contributed by atoms with Crippen molar-refractivity contribution in [3.05, 3.63) is 0 Å². The molecule has 31 heavy (non-hydrogen) atoms. The summed E-state index contributed by atoms with van der Waals surface area (Å²) < 4.78 is 21.2. The Morgan fingerprint density at radius 3 is 2.29 bits per heavy atom. The predicted molar refractivity (Wildman–Crippen MR) is 117 cm³/mol. The van der Waals surface area contributed by atoms with E-state index in [9.17, 15) is 9.59 Å². The Labute approximate surface area is 188 Å². The highest BCUT2D eigenvalue weighted by Gasteiger charge is 2.42. The number of carbonyl (C=O) groups excluding carboxylic acids is 2. The fraction of sp³-hybridized carbons (Fsp3) is 0.900. The number of amides is 3. The zero-order valence-corrected chi connectivity index (χ0v) is 19.0. The van der Waals surface area contributed by atoms with E-state index >= 15 is 0 Å². The highest BCUT2D eigenvalue weighted by molar-refractivity contribution is 8.00. The number of aliphatic hydroxyl groups excluding tert-OH is 1. The molecular weight excluding hydrogens is 426 g/mol. The maximum atomic E-state index is 11.9. The minimum Gasteiger partial charge on any atom is -0.394 e. The van der Waals surface area contributed by atoms with Crippen LogP contribution in [0.25, 0.3) is 0 Å². The van der Waals surface area contributed by atoms with Crippen molar-refractivity contribution in [2.45, 2.75) is 43.0 Å². The third kappa shape index (κ3) is 11.4. The second kappa shape index (κ2) is 16.5. The molecule has 3 amide bonds. The first-order valence-electron chi connectivity index (χ1n) is 11.1. The molecule has 0 aromatic rings. The smallest absolute Gasteiger partial charge is 0.315 e. The quantitative estimate of drug-likeness (QED) is 0.154. The topological polar surface area (TPSA) is 127 Å². The van der Waals surface area contributed by atoms with Gasteiger partial charge in [-0.25, -0.2) is 4.79 Å². The summed E-state index contributed by atoms with van der Waals surface area (Å²) in [5.74, 6) is 1.02. The van der Waals surface area contributed by atoms with Crippen LogP contribution in [0.1, 0.15) is 25.7 Å².